The lowest BCUT2D eigenvalue weighted by Crippen LogP contribution is -2.06. The zero-order chi connectivity index (χ0) is 14.0. The third-order valence-electron chi connectivity index (χ3n) is 2.47. The SMILES string of the molecule is COC(=O)c1ncc(-c2ccc(Cl)c(Cl)c2)cc1I. The van der Waals surface area contributed by atoms with E-state index in [4.69, 9.17) is 23.2 Å². The van der Waals surface area contributed by atoms with Crippen LogP contribution in [0.25, 0.3) is 11.1 Å². The van der Waals surface area contributed by atoms with Gasteiger partial charge in [0, 0.05) is 15.3 Å². The molecule has 1 aromatic heterocycles. The molecule has 19 heavy (non-hydrogen) atoms. The van der Waals surface area contributed by atoms with Crippen LogP contribution in [0.4, 0.5) is 0 Å². The highest BCUT2D eigenvalue weighted by Gasteiger charge is 2.13. The van der Waals surface area contributed by atoms with Gasteiger partial charge in [0.1, 0.15) is 0 Å². The van der Waals surface area contributed by atoms with E-state index in [-0.39, 0.29) is 0 Å². The van der Waals surface area contributed by atoms with E-state index in [0.29, 0.717) is 19.3 Å². The molecule has 0 aliphatic carbocycles. The Morgan fingerprint density at radius 1 is 1.21 bits per heavy atom. The number of nitrogens with zero attached hydrogens (tertiary/aromatic N) is 1. The Balaban J connectivity index is 2.44. The summed E-state index contributed by atoms with van der Waals surface area (Å²) in [4.78, 5) is 15.6. The number of carbonyl (C=O) groups excluding carboxylic acids is 1. The van der Waals surface area contributed by atoms with Crippen molar-refractivity contribution in [2.24, 2.45) is 0 Å². The fourth-order valence-electron chi connectivity index (χ4n) is 1.52. The van der Waals surface area contributed by atoms with Gasteiger partial charge in [0.25, 0.3) is 0 Å². The van der Waals surface area contributed by atoms with Crippen molar-refractivity contribution < 1.29 is 9.53 Å². The van der Waals surface area contributed by atoms with E-state index < -0.39 is 5.97 Å². The monoisotopic (exact) mass is 407 g/mol. The van der Waals surface area contributed by atoms with E-state index in [0.717, 1.165) is 11.1 Å². The molecule has 0 aliphatic rings. The van der Waals surface area contributed by atoms with E-state index in [2.05, 4.69) is 9.72 Å². The van der Waals surface area contributed by atoms with Crippen molar-refractivity contribution in [1.29, 1.82) is 0 Å². The molecule has 1 heterocycles. The molecule has 6 heteroatoms. The van der Waals surface area contributed by atoms with Crippen LogP contribution in [0, 0.1) is 3.57 Å². The summed E-state index contributed by atoms with van der Waals surface area (Å²) in [6.07, 6.45) is 1.61. The number of benzene rings is 1. The molecule has 2 rings (SSSR count). The van der Waals surface area contributed by atoms with Crippen molar-refractivity contribution in [3.63, 3.8) is 0 Å². The molecule has 0 radical (unpaired) electrons. The predicted octanol–water partition coefficient (Wildman–Crippen LogP) is 4.45. The summed E-state index contributed by atoms with van der Waals surface area (Å²) in [6, 6.07) is 7.17. The highest BCUT2D eigenvalue weighted by Crippen LogP contribution is 2.29. The molecular weight excluding hydrogens is 400 g/mol. The lowest BCUT2D eigenvalue weighted by Gasteiger charge is -2.06. The first kappa shape index (κ1) is 14.6. The van der Waals surface area contributed by atoms with Gasteiger partial charge in [0.2, 0.25) is 0 Å². The zero-order valence-corrected chi connectivity index (χ0v) is 13.5. The highest BCUT2D eigenvalue weighted by atomic mass is 127. The van der Waals surface area contributed by atoms with Crippen LogP contribution in [0.1, 0.15) is 10.5 Å². The zero-order valence-electron chi connectivity index (χ0n) is 9.78. The van der Waals surface area contributed by atoms with E-state index in [1.807, 2.05) is 34.7 Å². The van der Waals surface area contributed by atoms with Gasteiger partial charge in [-0.2, -0.15) is 0 Å². The van der Waals surface area contributed by atoms with Gasteiger partial charge in [-0.3, -0.25) is 0 Å². The van der Waals surface area contributed by atoms with Gasteiger partial charge < -0.3 is 4.74 Å². The molecule has 0 fully saturated rings. The molecule has 2 aromatic rings. The fourth-order valence-corrected chi connectivity index (χ4v) is 2.51. The van der Waals surface area contributed by atoms with Crippen LogP contribution >= 0.6 is 45.8 Å². The number of ether oxygens (including phenoxy) is 1. The lowest BCUT2D eigenvalue weighted by atomic mass is 10.1. The molecule has 0 aliphatic heterocycles. The lowest BCUT2D eigenvalue weighted by molar-refractivity contribution is 0.0593. The molecule has 1 aromatic carbocycles. The first-order chi connectivity index (χ1) is 9.02. The molecule has 0 amide bonds. The standard InChI is InChI=1S/C13H8Cl2INO2/c1-19-13(18)12-11(16)5-8(6-17-12)7-2-3-9(14)10(15)4-7/h2-6H,1H3. The quantitative estimate of drug-likeness (QED) is 0.545. The number of esters is 1. The number of carbonyl (C=O) groups is 1. The minimum atomic E-state index is -0.454. The van der Waals surface area contributed by atoms with E-state index in [1.54, 1.807) is 18.3 Å². The topological polar surface area (TPSA) is 39.2 Å². The van der Waals surface area contributed by atoms with Gasteiger partial charge in [-0.15, -0.1) is 0 Å². The number of halogens is 3. The van der Waals surface area contributed by atoms with Crippen molar-refractivity contribution in [2.75, 3.05) is 7.11 Å². The van der Waals surface area contributed by atoms with Gasteiger partial charge in [-0.1, -0.05) is 29.3 Å². The molecule has 0 spiro atoms. The molecule has 3 nitrogen and oxygen atoms in total. The second-order valence-corrected chi connectivity index (χ2v) is 5.65. The largest absolute Gasteiger partial charge is 0.464 e. The number of hydrogen-bond donors (Lipinski definition) is 0. The number of aromatic nitrogens is 1. The van der Waals surface area contributed by atoms with Crippen LogP contribution in [0.2, 0.25) is 10.0 Å². The number of pyridine rings is 1. The van der Waals surface area contributed by atoms with Crippen LogP contribution in [0.5, 0.6) is 0 Å². The maximum absolute atomic E-state index is 11.5. The summed E-state index contributed by atoms with van der Waals surface area (Å²) >= 11 is 13.9. The van der Waals surface area contributed by atoms with Gasteiger partial charge >= 0.3 is 5.97 Å². The molecule has 0 N–H and O–H groups in total. The van der Waals surface area contributed by atoms with E-state index in [1.165, 1.54) is 7.11 Å². The Morgan fingerprint density at radius 2 is 1.95 bits per heavy atom. The summed E-state index contributed by atoms with van der Waals surface area (Å²) in [5.41, 5.74) is 2.04. The van der Waals surface area contributed by atoms with Crippen LogP contribution in [0.3, 0.4) is 0 Å². The summed E-state index contributed by atoms with van der Waals surface area (Å²) in [7, 11) is 1.33. The average molecular weight is 408 g/mol. The molecule has 98 valence electrons. The summed E-state index contributed by atoms with van der Waals surface area (Å²) in [5.74, 6) is -0.454. The van der Waals surface area contributed by atoms with E-state index >= 15 is 0 Å². The molecule has 0 saturated carbocycles. The Labute approximate surface area is 134 Å². The van der Waals surface area contributed by atoms with Gasteiger partial charge in [-0.25, -0.2) is 9.78 Å². The summed E-state index contributed by atoms with van der Waals surface area (Å²) in [5, 5.41) is 0.977. The average Bonchev–Trinajstić information content (AvgIpc) is 2.41. The Kier molecular flexibility index (Phi) is 4.65. The van der Waals surface area contributed by atoms with Crippen LogP contribution < -0.4 is 0 Å². The molecule has 0 saturated heterocycles. The predicted molar refractivity (Wildman–Crippen MR) is 83.7 cm³/mol. The second-order valence-electron chi connectivity index (χ2n) is 3.67. The smallest absolute Gasteiger partial charge is 0.357 e. The molecule has 0 atom stereocenters. The minimum absolute atomic E-state index is 0.298. The Morgan fingerprint density at radius 3 is 2.53 bits per heavy atom. The molecule has 0 unspecified atom stereocenters. The van der Waals surface area contributed by atoms with E-state index in [9.17, 15) is 4.79 Å². The van der Waals surface area contributed by atoms with Gasteiger partial charge in [0.15, 0.2) is 5.69 Å². The Hall–Kier alpha value is -0.850. The van der Waals surface area contributed by atoms with Crippen molar-refractivity contribution in [1.82, 2.24) is 4.98 Å². The third kappa shape index (κ3) is 3.19. The minimum Gasteiger partial charge on any atom is -0.464 e. The maximum Gasteiger partial charge on any atom is 0.357 e. The number of methoxy groups -OCH3 is 1. The molecular formula is C13H8Cl2INO2. The first-order valence-electron chi connectivity index (χ1n) is 5.22. The van der Waals surface area contributed by atoms with Crippen molar-refractivity contribution in [3.8, 4) is 11.1 Å². The van der Waals surface area contributed by atoms with Crippen molar-refractivity contribution in [3.05, 3.63) is 49.8 Å². The normalized spacial score (nSPS) is 10.3. The molecule has 0 bridgehead atoms. The second kappa shape index (κ2) is 6.07. The fraction of sp³-hybridized carbons (Fsp3) is 0.0769. The van der Waals surface area contributed by atoms with Crippen molar-refractivity contribution in [2.45, 2.75) is 0 Å². The van der Waals surface area contributed by atoms with Crippen molar-refractivity contribution >= 4 is 51.8 Å². The maximum atomic E-state index is 11.5. The number of rotatable bonds is 2. The van der Waals surface area contributed by atoms with Gasteiger partial charge in [0.05, 0.1) is 17.2 Å². The third-order valence-corrected chi connectivity index (χ3v) is 4.03. The van der Waals surface area contributed by atoms with Crippen LogP contribution in [0.15, 0.2) is 30.5 Å². The number of hydrogen-bond acceptors (Lipinski definition) is 3. The Bertz CT molecular complexity index is 647. The summed E-state index contributed by atoms with van der Waals surface area (Å²) < 4.78 is 5.37. The summed E-state index contributed by atoms with van der Waals surface area (Å²) in [6.45, 7) is 0. The van der Waals surface area contributed by atoms with Crippen LogP contribution in [-0.2, 0) is 4.74 Å². The highest BCUT2D eigenvalue weighted by molar-refractivity contribution is 14.1. The van der Waals surface area contributed by atoms with Crippen LogP contribution in [-0.4, -0.2) is 18.1 Å². The van der Waals surface area contributed by atoms with Gasteiger partial charge in [-0.05, 0) is 46.4 Å². The first-order valence-corrected chi connectivity index (χ1v) is 7.05.